The lowest BCUT2D eigenvalue weighted by atomic mass is 10.1. The highest BCUT2D eigenvalue weighted by Crippen LogP contribution is 2.43. The summed E-state index contributed by atoms with van der Waals surface area (Å²) in [5, 5.41) is 11.5. The van der Waals surface area contributed by atoms with Gasteiger partial charge >= 0.3 is 5.97 Å². The van der Waals surface area contributed by atoms with E-state index in [0.717, 1.165) is 0 Å². The standard InChI is InChI=1S/C21H16ClNO5S/c1-2-26-21(25)18-19(24)17(29-20(18)23-13-6-4-3-5-7-13)9-12-8-15-16(10-14(12)22)28-11-27-15/h3-10,24H,2,11H2,1H3. The van der Waals surface area contributed by atoms with Crippen molar-refractivity contribution in [3.05, 3.63) is 69.3 Å². The number of fused-ring (bicyclic) bond motifs is 1. The van der Waals surface area contributed by atoms with Crippen LogP contribution in [0.15, 0.2) is 63.7 Å². The lowest BCUT2D eigenvalue weighted by Gasteiger charge is -2.03. The van der Waals surface area contributed by atoms with Gasteiger partial charge in [-0.25, -0.2) is 9.79 Å². The van der Waals surface area contributed by atoms with Gasteiger partial charge < -0.3 is 19.3 Å². The van der Waals surface area contributed by atoms with E-state index in [9.17, 15) is 9.90 Å². The molecule has 0 spiro atoms. The number of aliphatic hydroxyl groups excluding tert-OH is 1. The van der Waals surface area contributed by atoms with E-state index in [1.54, 1.807) is 25.1 Å². The number of rotatable bonds is 4. The topological polar surface area (TPSA) is 77.4 Å². The second-order valence-electron chi connectivity index (χ2n) is 6.03. The smallest absolute Gasteiger partial charge is 0.344 e. The summed E-state index contributed by atoms with van der Waals surface area (Å²) in [6.45, 7) is 2.02. The van der Waals surface area contributed by atoms with Crippen LogP contribution in [0.4, 0.5) is 5.69 Å². The second-order valence-corrected chi connectivity index (χ2v) is 7.47. The maximum absolute atomic E-state index is 12.5. The molecule has 148 valence electrons. The van der Waals surface area contributed by atoms with Crippen LogP contribution in [0.2, 0.25) is 5.02 Å². The van der Waals surface area contributed by atoms with Gasteiger partial charge in [0.05, 0.1) is 22.2 Å². The molecule has 0 saturated carbocycles. The number of hydrogen-bond donors (Lipinski definition) is 1. The number of thioether (sulfide) groups is 1. The van der Waals surface area contributed by atoms with Crippen LogP contribution in [0.1, 0.15) is 12.5 Å². The molecule has 0 saturated heterocycles. The maximum Gasteiger partial charge on any atom is 0.344 e. The first-order valence-electron chi connectivity index (χ1n) is 8.80. The predicted molar refractivity (Wildman–Crippen MR) is 113 cm³/mol. The molecular formula is C21H16ClNO5S. The van der Waals surface area contributed by atoms with Crippen molar-refractivity contribution >= 4 is 46.1 Å². The van der Waals surface area contributed by atoms with Gasteiger partial charge in [0.1, 0.15) is 16.4 Å². The molecule has 2 aromatic rings. The minimum absolute atomic E-state index is 0.0313. The lowest BCUT2D eigenvalue weighted by molar-refractivity contribution is -0.138. The predicted octanol–water partition coefficient (Wildman–Crippen LogP) is 5.26. The number of nitrogens with zero attached hydrogens (tertiary/aromatic N) is 1. The number of hydrogen-bond acceptors (Lipinski definition) is 7. The van der Waals surface area contributed by atoms with Crippen LogP contribution < -0.4 is 9.47 Å². The molecule has 0 aromatic heterocycles. The fourth-order valence-electron chi connectivity index (χ4n) is 2.80. The molecule has 0 amide bonds. The van der Waals surface area contributed by atoms with Gasteiger partial charge in [0.2, 0.25) is 6.79 Å². The monoisotopic (exact) mass is 429 g/mol. The number of carbonyl (C=O) groups excluding carboxylic acids is 1. The zero-order valence-corrected chi connectivity index (χ0v) is 16.9. The SMILES string of the molecule is CCOC(=O)C1=C(O)C(=Cc2cc3c(cc2Cl)OCO3)SC1=Nc1ccccc1. The number of halogens is 1. The van der Waals surface area contributed by atoms with E-state index in [1.165, 1.54) is 11.8 Å². The molecule has 0 aliphatic carbocycles. The Bertz CT molecular complexity index is 1060. The first kappa shape index (κ1) is 19.4. The molecule has 0 fully saturated rings. The van der Waals surface area contributed by atoms with Gasteiger partial charge in [0.25, 0.3) is 0 Å². The van der Waals surface area contributed by atoms with E-state index in [0.29, 0.717) is 37.7 Å². The number of carbonyl (C=O) groups is 1. The van der Waals surface area contributed by atoms with Gasteiger partial charge in [-0.05, 0) is 36.8 Å². The fourth-order valence-corrected chi connectivity index (χ4v) is 4.03. The van der Waals surface area contributed by atoms with E-state index in [4.69, 9.17) is 25.8 Å². The first-order chi connectivity index (χ1) is 14.1. The molecule has 2 aliphatic heterocycles. The number of ether oxygens (including phenoxy) is 3. The highest BCUT2D eigenvalue weighted by Gasteiger charge is 2.33. The van der Waals surface area contributed by atoms with Gasteiger partial charge in [-0.1, -0.05) is 41.6 Å². The molecule has 6 nitrogen and oxygen atoms in total. The fraction of sp³-hybridized carbons (Fsp3) is 0.143. The van der Waals surface area contributed by atoms with Gasteiger partial charge in [-0.2, -0.15) is 0 Å². The molecule has 4 rings (SSSR count). The van der Waals surface area contributed by atoms with Crippen molar-refractivity contribution in [1.82, 2.24) is 0 Å². The molecule has 2 aromatic carbocycles. The Balaban J connectivity index is 1.76. The number of aliphatic imine (C=N–C) groups is 1. The molecule has 0 unspecified atom stereocenters. The molecule has 8 heteroatoms. The summed E-state index contributed by atoms with van der Waals surface area (Å²) >= 11 is 7.51. The van der Waals surface area contributed by atoms with Gasteiger partial charge in [-0.15, -0.1) is 0 Å². The third kappa shape index (κ3) is 3.97. The Hall–Kier alpha value is -2.90. The molecule has 2 heterocycles. The Morgan fingerprint density at radius 2 is 2.00 bits per heavy atom. The summed E-state index contributed by atoms with van der Waals surface area (Å²) in [5.41, 5.74) is 1.31. The van der Waals surface area contributed by atoms with E-state index in [2.05, 4.69) is 4.99 Å². The second kappa shape index (κ2) is 8.23. The van der Waals surface area contributed by atoms with Crippen LogP contribution in [-0.4, -0.2) is 29.5 Å². The van der Waals surface area contributed by atoms with E-state index < -0.39 is 5.97 Å². The van der Waals surface area contributed by atoms with E-state index in [1.807, 2.05) is 30.3 Å². The molecular weight excluding hydrogens is 414 g/mol. The van der Waals surface area contributed by atoms with Gasteiger partial charge in [0, 0.05) is 6.07 Å². The van der Waals surface area contributed by atoms with Crippen LogP contribution in [0, 0.1) is 0 Å². The van der Waals surface area contributed by atoms with Gasteiger partial charge in [-0.3, -0.25) is 0 Å². The summed E-state index contributed by atoms with van der Waals surface area (Å²) in [5.74, 6) is 0.301. The minimum atomic E-state index is -0.632. The molecule has 0 atom stereocenters. The Morgan fingerprint density at radius 1 is 1.28 bits per heavy atom. The van der Waals surface area contributed by atoms with Crippen LogP contribution in [0.5, 0.6) is 11.5 Å². The minimum Gasteiger partial charge on any atom is -0.506 e. The largest absolute Gasteiger partial charge is 0.506 e. The Labute approximate surface area is 176 Å². The number of benzene rings is 2. The van der Waals surface area contributed by atoms with Crippen molar-refractivity contribution in [3.63, 3.8) is 0 Å². The molecule has 1 N–H and O–H groups in total. The molecule has 29 heavy (non-hydrogen) atoms. The maximum atomic E-state index is 12.5. The number of esters is 1. The summed E-state index contributed by atoms with van der Waals surface area (Å²) in [6.07, 6.45) is 1.68. The number of para-hydroxylation sites is 1. The summed E-state index contributed by atoms with van der Waals surface area (Å²) in [4.78, 5) is 17.4. The molecule has 0 radical (unpaired) electrons. The van der Waals surface area contributed by atoms with Crippen LogP contribution in [0.25, 0.3) is 6.08 Å². The Morgan fingerprint density at radius 3 is 2.72 bits per heavy atom. The highest BCUT2D eigenvalue weighted by molar-refractivity contribution is 8.18. The average Bonchev–Trinajstić information content (AvgIpc) is 3.27. The summed E-state index contributed by atoms with van der Waals surface area (Å²) in [7, 11) is 0. The summed E-state index contributed by atoms with van der Waals surface area (Å²) in [6, 6.07) is 12.6. The zero-order chi connectivity index (χ0) is 20.4. The van der Waals surface area contributed by atoms with Gasteiger partial charge in [0.15, 0.2) is 11.5 Å². The summed E-state index contributed by atoms with van der Waals surface area (Å²) < 4.78 is 15.8. The lowest BCUT2D eigenvalue weighted by Crippen LogP contribution is -2.12. The van der Waals surface area contributed by atoms with Crippen molar-refractivity contribution in [2.75, 3.05) is 13.4 Å². The highest BCUT2D eigenvalue weighted by atomic mass is 35.5. The van der Waals surface area contributed by atoms with E-state index >= 15 is 0 Å². The normalized spacial score (nSPS) is 18.0. The van der Waals surface area contributed by atoms with Crippen LogP contribution >= 0.6 is 23.4 Å². The molecule has 0 bridgehead atoms. The molecule has 2 aliphatic rings. The van der Waals surface area contributed by atoms with Crippen molar-refractivity contribution in [1.29, 1.82) is 0 Å². The van der Waals surface area contributed by atoms with Crippen LogP contribution in [0.3, 0.4) is 0 Å². The van der Waals surface area contributed by atoms with Crippen molar-refractivity contribution < 1.29 is 24.1 Å². The first-order valence-corrected chi connectivity index (χ1v) is 9.99. The average molecular weight is 430 g/mol. The van der Waals surface area contributed by atoms with Crippen molar-refractivity contribution in [3.8, 4) is 11.5 Å². The quantitative estimate of drug-likeness (QED) is 0.668. The van der Waals surface area contributed by atoms with Crippen molar-refractivity contribution in [2.24, 2.45) is 4.99 Å². The Kier molecular flexibility index (Phi) is 5.51. The van der Waals surface area contributed by atoms with E-state index in [-0.39, 0.29) is 24.7 Å². The van der Waals surface area contributed by atoms with Crippen molar-refractivity contribution in [2.45, 2.75) is 6.92 Å². The number of aliphatic hydroxyl groups is 1. The van der Waals surface area contributed by atoms with Crippen LogP contribution in [-0.2, 0) is 9.53 Å². The third-order valence-electron chi connectivity index (χ3n) is 4.14. The zero-order valence-electron chi connectivity index (χ0n) is 15.3. The third-order valence-corrected chi connectivity index (χ3v) is 5.48.